The van der Waals surface area contributed by atoms with Crippen molar-refractivity contribution in [3.05, 3.63) is 118 Å². The number of hydrogen-bond acceptors (Lipinski definition) is 7. The lowest BCUT2D eigenvalue weighted by Gasteiger charge is -2.17. The van der Waals surface area contributed by atoms with E-state index in [0.717, 1.165) is 18.4 Å². The predicted molar refractivity (Wildman–Crippen MR) is 195 cm³/mol. The molecule has 0 fully saturated rings. The van der Waals surface area contributed by atoms with Crippen molar-refractivity contribution in [3.8, 4) is 17.2 Å². The molecule has 1 unspecified atom stereocenters. The summed E-state index contributed by atoms with van der Waals surface area (Å²) in [6.07, 6.45) is 6.12. The van der Waals surface area contributed by atoms with Gasteiger partial charge in [0.15, 0.2) is 17.3 Å². The third-order valence-electron chi connectivity index (χ3n) is 7.98. The van der Waals surface area contributed by atoms with E-state index in [2.05, 4.69) is 17.6 Å². The first-order chi connectivity index (χ1) is 24.1. The van der Waals surface area contributed by atoms with Crippen molar-refractivity contribution in [1.82, 2.24) is 5.32 Å². The van der Waals surface area contributed by atoms with Crippen molar-refractivity contribution in [2.75, 3.05) is 19.0 Å². The molecule has 0 radical (unpaired) electrons. The molecule has 0 aliphatic heterocycles. The third kappa shape index (κ3) is 11.8. The van der Waals surface area contributed by atoms with Gasteiger partial charge in [-0.3, -0.25) is 14.4 Å². The maximum absolute atomic E-state index is 13.1. The number of amides is 2. The normalized spacial score (nSPS) is 11.3. The van der Waals surface area contributed by atoms with Gasteiger partial charge in [0.05, 0.1) is 31.7 Å². The summed E-state index contributed by atoms with van der Waals surface area (Å²) in [7, 11) is 1.46. The molecule has 262 valence electrons. The highest BCUT2D eigenvalue weighted by molar-refractivity contribution is 6.30. The Bertz CT molecular complexity index is 1740. The summed E-state index contributed by atoms with van der Waals surface area (Å²) in [5.41, 5.74) is 2.73. The third-order valence-corrected chi connectivity index (χ3v) is 8.23. The number of hydrogen-bond donors (Lipinski definition) is 2. The fourth-order valence-corrected chi connectivity index (χ4v) is 5.26. The zero-order chi connectivity index (χ0) is 35.9. The van der Waals surface area contributed by atoms with Gasteiger partial charge < -0.3 is 24.8 Å². The van der Waals surface area contributed by atoms with Crippen molar-refractivity contribution in [2.45, 2.75) is 64.8 Å². The quantitative estimate of drug-likeness (QED) is 0.0613. The van der Waals surface area contributed by atoms with Crippen molar-refractivity contribution < 1.29 is 33.4 Å². The van der Waals surface area contributed by atoms with Crippen LogP contribution in [0.15, 0.2) is 91.0 Å². The Kier molecular flexibility index (Phi) is 14.4. The zero-order valence-electron chi connectivity index (χ0n) is 28.6. The fraction of sp³-hybridized carbons (Fsp3) is 0.300. The largest absolute Gasteiger partial charge is 0.494 e. The van der Waals surface area contributed by atoms with Gasteiger partial charge in [-0.05, 0) is 104 Å². The molecule has 1 atom stereocenters. The van der Waals surface area contributed by atoms with Crippen LogP contribution < -0.4 is 24.8 Å². The number of methoxy groups -OCH3 is 1. The Labute approximate surface area is 298 Å². The minimum Gasteiger partial charge on any atom is -0.494 e. The Hall–Kier alpha value is -5.15. The lowest BCUT2D eigenvalue weighted by Crippen LogP contribution is -2.41. The molecular weight excluding hydrogens is 656 g/mol. The molecule has 0 saturated heterocycles. The van der Waals surface area contributed by atoms with Gasteiger partial charge in [-0.2, -0.15) is 0 Å². The van der Waals surface area contributed by atoms with E-state index in [9.17, 15) is 19.2 Å². The van der Waals surface area contributed by atoms with Crippen LogP contribution in [0.2, 0.25) is 5.02 Å². The van der Waals surface area contributed by atoms with Gasteiger partial charge in [-0.1, -0.05) is 62.4 Å². The van der Waals surface area contributed by atoms with Gasteiger partial charge in [0.25, 0.3) is 5.91 Å². The number of rotatable bonds is 18. The summed E-state index contributed by atoms with van der Waals surface area (Å²) in [5, 5.41) is 6.19. The summed E-state index contributed by atoms with van der Waals surface area (Å²) in [4.78, 5) is 50.9. The van der Waals surface area contributed by atoms with E-state index < -0.39 is 17.9 Å². The van der Waals surface area contributed by atoms with Crippen LogP contribution in [-0.2, 0) is 22.4 Å². The van der Waals surface area contributed by atoms with Crippen LogP contribution in [0.4, 0.5) is 5.69 Å². The number of nitrogens with one attached hydrogen (secondary N) is 2. The summed E-state index contributed by atoms with van der Waals surface area (Å²) in [6.45, 7) is 4.22. The highest BCUT2D eigenvalue weighted by Gasteiger charge is 2.21. The van der Waals surface area contributed by atoms with Crippen LogP contribution >= 0.6 is 11.6 Å². The second-order valence-electron chi connectivity index (χ2n) is 11.9. The summed E-state index contributed by atoms with van der Waals surface area (Å²) < 4.78 is 16.9. The van der Waals surface area contributed by atoms with Crippen molar-refractivity contribution in [1.29, 1.82) is 0 Å². The number of carbonyl (C=O) groups excluding carboxylic acids is 4. The van der Waals surface area contributed by atoms with E-state index in [1.165, 1.54) is 33.3 Å². The number of benzene rings is 4. The van der Waals surface area contributed by atoms with E-state index in [1.807, 2.05) is 0 Å². The van der Waals surface area contributed by atoms with Crippen LogP contribution in [0.3, 0.4) is 0 Å². The van der Waals surface area contributed by atoms with Gasteiger partial charge in [0.1, 0.15) is 5.75 Å². The van der Waals surface area contributed by atoms with Crippen LogP contribution in [0, 0.1) is 0 Å². The molecule has 0 bridgehead atoms. The molecule has 0 aliphatic carbocycles. The smallest absolute Gasteiger partial charge is 0.343 e. The van der Waals surface area contributed by atoms with Crippen LogP contribution in [0.5, 0.6) is 17.2 Å². The number of esters is 1. The molecule has 0 saturated carbocycles. The first-order valence-electron chi connectivity index (χ1n) is 16.7. The number of Topliss-reactive ketones (excluding diaryl/α,β-unsaturated/α-hetero) is 1. The lowest BCUT2D eigenvalue weighted by atomic mass is 10.0. The number of unbranched alkanes of at least 4 members (excludes halogenated alkanes) is 4. The number of carbonyl (C=O) groups is 4. The molecule has 2 N–H and O–H groups in total. The number of ketones is 1. The summed E-state index contributed by atoms with van der Waals surface area (Å²) in [6, 6.07) is 24.4. The fourth-order valence-electron chi connectivity index (χ4n) is 5.14. The minimum absolute atomic E-state index is 0.177. The Morgan fingerprint density at radius 1 is 0.760 bits per heavy atom. The molecule has 0 aromatic heterocycles. The van der Waals surface area contributed by atoms with E-state index in [-0.39, 0.29) is 30.3 Å². The van der Waals surface area contributed by atoms with Crippen molar-refractivity contribution in [3.63, 3.8) is 0 Å². The monoisotopic (exact) mass is 698 g/mol. The zero-order valence-corrected chi connectivity index (χ0v) is 29.4. The molecule has 4 aromatic rings. The highest BCUT2D eigenvalue weighted by Crippen LogP contribution is 2.30. The topological polar surface area (TPSA) is 120 Å². The van der Waals surface area contributed by atoms with Gasteiger partial charge in [0, 0.05) is 16.3 Å². The maximum Gasteiger partial charge on any atom is 0.343 e. The Morgan fingerprint density at radius 3 is 2.08 bits per heavy atom. The molecular formula is C40H43ClN2O7. The lowest BCUT2D eigenvalue weighted by molar-refractivity contribution is -0.119. The standard InChI is InChI=1S/C40H43ClN2O7/c1-4-5-6-7-8-23-49-34-20-14-31(15-21-34)40(47)50-36-22-11-29(25-37(36)48-3)24-35(27(2)44)43-39(46)30-12-18-33(19-13-30)42-38(45)26-28-9-16-32(41)17-10-28/h9-22,25,35H,4-8,23-24,26H2,1-3H3,(H,42,45)(H,43,46). The second kappa shape index (κ2) is 19.1. The van der Waals surface area contributed by atoms with Crippen LogP contribution in [0.25, 0.3) is 0 Å². The summed E-state index contributed by atoms with van der Waals surface area (Å²) >= 11 is 5.91. The first-order valence-corrected chi connectivity index (χ1v) is 17.1. The molecule has 0 heterocycles. The molecule has 50 heavy (non-hydrogen) atoms. The number of anilines is 1. The molecule has 2 amide bonds. The van der Waals surface area contributed by atoms with E-state index in [0.29, 0.717) is 45.5 Å². The molecule has 4 rings (SSSR count). The maximum atomic E-state index is 13.1. The predicted octanol–water partition coefficient (Wildman–Crippen LogP) is 8.03. The molecule has 10 heteroatoms. The second-order valence-corrected chi connectivity index (χ2v) is 12.4. The first kappa shape index (κ1) is 37.7. The van der Waals surface area contributed by atoms with Crippen molar-refractivity contribution >= 4 is 40.9 Å². The van der Waals surface area contributed by atoms with Crippen LogP contribution in [-0.4, -0.2) is 43.3 Å². The molecule has 9 nitrogen and oxygen atoms in total. The molecule has 0 aliphatic rings. The van der Waals surface area contributed by atoms with Crippen molar-refractivity contribution in [2.24, 2.45) is 0 Å². The average Bonchev–Trinajstić information content (AvgIpc) is 3.11. The van der Waals surface area contributed by atoms with E-state index >= 15 is 0 Å². The SMILES string of the molecule is CCCCCCCOc1ccc(C(=O)Oc2ccc(CC(NC(=O)c3ccc(NC(=O)Cc4ccc(Cl)cc4)cc3)C(C)=O)cc2OC)cc1. The molecule has 4 aromatic carbocycles. The van der Waals surface area contributed by atoms with Crippen LogP contribution in [0.1, 0.15) is 77.8 Å². The molecule has 0 spiro atoms. The van der Waals surface area contributed by atoms with Gasteiger partial charge in [-0.25, -0.2) is 4.79 Å². The van der Waals surface area contributed by atoms with Gasteiger partial charge >= 0.3 is 5.97 Å². The Morgan fingerprint density at radius 2 is 1.42 bits per heavy atom. The number of ether oxygens (including phenoxy) is 3. The van der Waals surface area contributed by atoms with Gasteiger partial charge in [-0.15, -0.1) is 0 Å². The van der Waals surface area contributed by atoms with Gasteiger partial charge in [0.2, 0.25) is 5.91 Å². The van der Waals surface area contributed by atoms with E-state index in [1.54, 1.807) is 91.0 Å². The average molecular weight is 699 g/mol. The minimum atomic E-state index is -0.823. The Balaban J connectivity index is 1.30. The summed E-state index contributed by atoms with van der Waals surface area (Å²) in [5.74, 6) is -0.215. The van der Waals surface area contributed by atoms with E-state index in [4.69, 9.17) is 25.8 Å². The highest BCUT2D eigenvalue weighted by atomic mass is 35.5. The number of halogens is 1.